The van der Waals surface area contributed by atoms with E-state index < -0.39 is 0 Å². The van der Waals surface area contributed by atoms with Gasteiger partial charge in [-0.3, -0.25) is 4.79 Å². The number of rotatable bonds is 6. The fourth-order valence-corrected chi connectivity index (χ4v) is 1.63. The number of carbonyl (C=O) groups is 1. The molecule has 0 spiro atoms. The maximum atomic E-state index is 11.4. The van der Waals surface area contributed by atoms with Crippen LogP contribution in [0.1, 0.15) is 11.1 Å². The van der Waals surface area contributed by atoms with E-state index in [0.717, 1.165) is 11.1 Å². The SMILES string of the molecule is CNCC(=O)NCc1cc(OC)c(OC)cc1C. The van der Waals surface area contributed by atoms with Crippen molar-refractivity contribution in [1.29, 1.82) is 0 Å². The lowest BCUT2D eigenvalue weighted by molar-refractivity contribution is -0.120. The van der Waals surface area contributed by atoms with Crippen molar-refractivity contribution in [2.45, 2.75) is 13.5 Å². The Hall–Kier alpha value is -1.75. The predicted octanol–water partition coefficient (Wildman–Crippen LogP) is 0.848. The van der Waals surface area contributed by atoms with E-state index in [9.17, 15) is 4.79 Å². The van der Waals surface area contributed by atoms with Crippen molar-refractivity contribution in [2.75, 3.05) is 27.8 Å². The molecule has 0 unspecified atom stereocenters. The van der Waals surface area contributed by atoms with Crippen LogP contribution in [0.4, 0.5) is 0 Å². The summed E-state index contributed by atoms with van der Waals surface area (Å²) in [5.74, 6) is 1.33. The minimum Gasteiger partial charge on any atom is -0.493 e. The third-order valence-electron chi connectivity index (χ3n) is 2.66. The number of aryl methyl sites for hydroxylation is 1. The van der Waals surface area contributed by atoms with Crippen molar-refractivity contribution >= 4 is 5.91 Å². The van der Waals surface area contributed by atoms with Crippen molar-refractivity contribution in [3.05, 3.63) is 23.3 Å². The topological polar surface area (TPSA) is 59.6 Å². The Kier molecular flexibility index (Phi) is 5.45. The largest absolute Gasteiger partial charge is 0.493 e. The highest BCUT2D eigenvalue weighted by Crippen LogP contribution is 2.30. The summed E-state index contributed by atoms with van der Waals surface area (Å²) in [6.07, 6.45) is 0. The molecule has 18 heavy (non-hydrogen) atoms. The number of methoxy groups -OCH3 is 2. The van der Waals surface area contributed by atoms with Crippen molar-refractivity contribution in [3.63, 3.8) is 0 Å². The van der Waals surface area contributed by atoms with Crippen molar-refractivity contribution < 1.29 is 14.3 Å². The average Bonchev–Trinajstić information content (AvgIpc) is 2.37. The summed E-state index contributed by atoms with van der Waals surface area (Å²) >= 11 is 0. The third kappa shape index (κ3) is 3.63. The van der Waals surface area contributed by atoms with Crippen LogP contribution >= 0.6 is 0 Å². The van der Waals surface area contributed by atoms with Crippen LogP contribution in [0.25, 0.3) is 0 Å². The van der Waals surface area contributed by atoms with Crippen molar-refractivity contribution in [1.82, 2.24) is 10.6 Å². The van der Waals surface area contributed by atoms with Gasteiger partial charge in [0.25, 0.3) is 0 Å². The van der Waals surface area contributed by atoms with Gasteiger partial charge in [-0.05, 0) is 37.2 Å². The summed E-state index contributed by atoms with van der Waals surface area (Å²) in [5, 5.41) is 5.63. The smallest absolute Gasteiger partial charge is 0.234 e. The van der Waals surface area contributed by atoms with Crippen LogP contribution in [-0.4, -0.2) is 33.7 Å². The number of benzene rings is 1. The second-order valence-corrected chi connectivity index (χ2v) is 3.94. The zero-order valence-corrected chi connectivity index (χ0v) is 11.3. The molecule has 1 rings (SSSR count). The Balaban J connectivity index is 2.79. The highest BCUT2D eigenvalue weighted by Gasteiger charge is 2.09. The summed E-state index contributed by atoms with van der Waals surface area (Å²) < 4.78 is 10.4. The first-order valence-corrected chi connectivity index (χ1v) is 5.75. The van der Waals surface area contributed by atoms with Gasteiger partial charge in [-0.15, -0.1) is 0 Å². The number of amides is 1. The molecule has 0 aliphatic carbocycles. The fraction of sp³-hybridized carbons (Fsp3) is 0.462. The van der Waals surface area contributed by atoms with E-state index in [-0.39, 0.29) is 5.91 Å². The van der Waals surface area contributed by atoms with Gasteiger partial charge in [0.1, 0.15) is 0 Å². The van der Waals surface area contributed by atoms with Gasteiger partial charge in [-0.1, -0.05) is 0 Å². The highest BCUT2D eigenvalue weighted by molar-refractivity contribution is 5.78. The van der Waals surface area contributed by atoms with Gasteiger partial charge >= 0.3 is 0 Å². The van der Waals surface area contributed by atoms with E-state index in [0.29, 0.717) is 24.6 Å². The van der Waals surface area contributed by atoms with Gasteiger partial charge in [0, 0.05) is 6.54 Å². The molecule has 0 saturated heterocycles. The lowest BCUT2D eigenvalue weighted by Gasteiger charge is -2.13. The first kappa shape index (κ1) is 14.3. The van der Waals surface area contributed by atoms with Gasteiger partial charge in [0.05, 0.1) is 20.8 Å². The molecule has 1 aromatic carbocycles. The van der Waals surface area contributed by atoms with Crippen molar-refractivity contribution in [3.8, 4) is 11.5 Å². The van der Waals surface area contributed by atoms with Gasteiger partial charge in [0.2, 0.25) is 5.91 Å². The van der Waals surface area contributed by atoms with Crippen LogP contribution in [0.5, 0.6) is 11.5 Å². The molecule has 0 aliphatic rings. The number of hydrogen-bond donors (Lipinski definition) is 2. The summed E-state index contributed by atoms with van der Waals surface area (Å²) in [7, 11) is 4.93. The second kappa shape index (κ2) is 6.86. The third-order valence-corrected chi connectivity index (χ3v) is 2.66. The molecule has 0 fully saturated rings. The van der Waals surface area contributed by atoms with E-state index >= 15 is 0 Å². The monoisotopic (exact) mass is 252 g/mol. The van der Waals surface area contributed by atoms with Gasteiger partial charge in [0.15, 0.2) is 11.5 Å². The van der Waals surface area contributed by atoms with E-state index in [1.807, 2.05) is 19.1 Å². The number of likely N-dealkylation sites (N-methyl/N-ethyl adjacent to an activating group) is 1. The highest BCUT2D eigenvalue weighted by atomic mass is 16.5. The molecule has 0 bridgehead atoms. The molecule has 100 valence electrons. The molecule has 0 atom stereocenters. The Bertz CT molecular complexity index is 419. The van der Waals surface area contributed by atoms with Crippen LogP contribution in [0.3, 0.4) is 0 Å². The molecular weight excluding hydrogens is 232 g/mol. The molecule has 2 N–H and O–H groups in total. The van der Waals surface area contributed by atoms with Crippen LogP contribution in [0.15, 0.2) is 12.1 Å². The normalized spacial score (nSPS) is 10.0. The maximum absolute atomic E-state index is 11.4. The van der Waals surface area contributed by atoms with E-state index in [2.05, 4.69) is 10.6 Å². The van der Waals surface area contributed by atoms with Crippen LogP contribution < -0.4 is 20.1 Å². The lowest BCUT2D eigenvalue weighted by Crippen LogP contribution is -2.31. The predicted molar refractivity (Wildman–Crippen MR) is 70.1 cm³/mol. The quantitative estimate of drug-likeness (QED) is 0.788. The second-order valence-electron chi connectivity index (χ2n) is 3.94. The zero-order valence-electron chi connectivity index (χ0n) is 11.3. The molecule has 1 aromatic rings. The van der Waals surface area contributed by atoms with Gasteiger partial charge < -0.3 is 20.1 Å². The van der Waals surface area contributed by atoms with Crippen LogP contribution in [-0.2, 0) is 11.3 Å². The minimum atomic E-state index is -0.0355. The number of carbonyl (C=O) groups excluding carboxylic acids is 1. The van der Waals surface area contributed by atoms with E-state index in [1.165, 1.54) is 0 Å². The standard InChI is InChI=1S/C13H20N2O3/c1-9-5-11(17-3)12(18-4)6-10(9)7-15-13(16)8-14-2/h5-6,14H,7-8H2,1-4H3,(H,15,16). The summed E-state index contributed by atoms with van der Waals surface area (Å²) in [6, 6.07) is 3.78. The molecule has 0 aromatic heterocycles. The molecule has 5 nitrogen and oxygen atoms in total. The van der Waals surface area contributed by atoms with Crippen LogP contribution in [0.2, 0.25) is 0 Å². The maximum Gasteiger partial charge on any atom is 0.234 e. The van der Waals surface area contributed by atoms with Crippen LogP contribution in [0, 0.1) is 6.92 Å². The minimum absolute atomic E-state index is 0.0355. The Morgan fingerprint density at radius 2 is 1.83 bits per heavy atom. The first-order valence-electron chi connectivity index (χ1n) is 5.75. The fourth-order valence-electron chi connectivity index (χ4n) is 1.63. The molecule has 0 heterocycles. The lowest BCUT2D eigenvalue weighted by atomic mass is 10.1. The molecule has 1 amide bonds. The molecular formula is C13H20N2O3. The Morgan fingerprint density at radius 1 is 1.22 bits per heavy atom. The van der Waals surface area contributed by atoms with Gasteiger partial charge in [-0.25, -0.2) is 0 Å². The zero-order chi connectivity index (χ0) is 13.5. The summed E-state index contributed by atoms with van der Waals surface area (Å²) in [4.78, 5) is 11.4. The molecule has 0 radical (unpaired) electrons. The molecule has 5 heteroatoms. The number of hydrogen-bond acceptors (Lipinski definition) is 4. The van der Waals surface area contributed by atoms with E-state index in [1.54, 1.807) is 21.3 Å². The average molecular weight is 252 g/mol. The summed E-state index contributed by atoms with van der Waals surface area (Å²) in [5.41, 5.74) is 2.06. The molecule has 0 saturated carbocycles. The first-order chi connectivity index (χ1) is 8.62. The number of nitrogens with one attached hydrogen (secondary N) is 2. The van der Waals surface area contributed by atoms with Gasteiger partial charge in [-0.2, -0.15) is 0 Å². The Morgan fingerprint density at radius 3 is 2.39 bits per heavy atom. The number of ether oxygens (including phenoxy) is 2. The summed E-state index contributed by atoms with van der Waals surface area (Å²) in [6.45, 7) is 2.76. The molecule has 0 aliphatic heterocycles. The Labute approximate surface area is 107 Å². The van der Waals surface area contributed by atoms with E-state index in [4.69, 9.17) is 9.47 Å². The van der Waals surface area contributed by atoms with Crippen molar-refractivity contribution in [2.24, 2.45) is 0 Å².